The van der Waals surface area contributed by atoms with Gasteiger partial charge in [0.25, 0.3) is 5.91 Å². The molecule has 1 heterocycles. The topological polar surface area (TPSA) is 84.9 Å². The van der Waals surface area contributed by atoms with E-state index >= 15 is 4.39 Å². The van der Waals surface area contributed by atoms with E-state index in [9.17, 15) is 13.2 Å². The van der Waals surface area contributed by atoms with Gasteiger partial charge in [-0.25, -0.2) is 13.4 Å². The van der Waals surface area contributed by atoms with Gasteiger partial charge in [0.1, 0.15) is 30.3 Å². The van der Waals surface area contributed by atoms with Crippen LogP contribution in [0.4, 0.5) is 10.1 Å². The van der Waals surface area contributed by atoms with Crippen LogP contribution in [0.25, 0.3) is 10.8 Å². The molecule has 0 bridgehead atoms. The van der Waals surface area contributed by atoms with Crippen LogP contribution in [0.1, 0.15) is 24.8 Å². The van der Waals surface area contributed by atoms with Crippen LogP contribution < -0.4 is 18.5 Å². The third-order valence-corrected chi connectivity index (χ3v) is 7.17. The number of carbonyl (C=O) groups excluding carboxylic acids is 1. The van der Waals surface area contributed by atoms with E-state index in [1.54, 1.807) is 24.3 Å². The van der Waals surface area contributed by atoms with Crippen molar-refractivity contribution in [3.05, 3.63) is 66.0 Å². The summed E-state index contributed by atoms with van der Waals surface area (Å²) in [4.78, 5) is 11.8. The van der Waals surface area contributed by atoms with E-state index in [1.807, 2.05) is 35.1 Å². The van der Waals surface area contributed by atoms with Crippen LogP contribution >= 0.6 is 0 Å². The van der Waals surface area contributed by atoms with E-state index in [1.165, 1.54) is 12.8 Å². The Labute approximate surface area is 191 Å². The Morgan fingerprint density at radius 2 is 1.85 bits per heavy atom. The molecule has 3 aromatic carbocycles. The number of rotatable bonds is 8. The van der Waals surface area contributed by atoms with E-state index in [0.29, 0.717) is 28.0 Å². The summed E-state index contributed by atoms with van der Waals surface area (Å²) in [6.07, 6.45) is 3.40. The van der Waals surface area contributed by atoms with Gasteiger partial charge in [-0.2, -0.15) is 8.42 Å². The fourth-order valence-electron chi connectivity index (χ4n) is 3.86. The first-order chi connectivity index (χ1) is 15.9. The Balaban J connectivity index is 1.53. The molecule has 2 fully saturated rings. The molecule has 1 saturated heterocycles. The predicted octanol–water partition coefficient (Wildman–Crippen LogP) is 3.92. The molecule has 1 N–H and O–H groups in total. The highest BCUT2D eigenvalue weighted by molar-refractivity contribution is 7.92. The van der Waals surface area contributed by atoms with Gasteiger partial charge in [-0.3, -0.25) is 4.79 Å². The van der Waals surface area contributed by atoms with E-state index in [-0.39, 0.29) is 23.4 Å². The highest BCUT2D eigenvalue weighted by Crippen LogP contribution is 2.40. The molecule has 7 nitrogen and oxygen atoms in total. The lowest BCUT2D eigenvalue weighted by molar-refractivity contribution is -0.117. The van der Waals surface area contributed by atoms with Crippen molar-refractivity contribution in [3.8, 4) is 11.5 Å². The van der Waals surface area contributed by atoms with E-state index < -0.39 is 28.5 Å². The number of anilines is 1. The SMILES string of the molecule is O=C1CN(c2c(OCc3ccccc3)cc3ccc(OCCC4CC4)cc3c2F)S(=O)(=O)N1. The smallest absolute Gasteiger partial charge is 0.326 e. The van der Waals surface area contributed by atoms with Gasteiger partial charge in [0.15, 0.2) is 5.82 Å². The third kappa shape index (κ3) is 4.59. The van der Waals surface area contributed by atoms with Gasteiger partial charge in [-0.15, -0.1) is 0 Å². The van der Waals surface area contributed by atoms with Crippen LogP contribution in [0.5, 0.6) is 11.5 Å². The molecule has 0 radical (unpaired) electrons. The lowest BCUT2D eigenvalue weighted by atomic mass is 10.1. The Hall–Kier alpha value is -3.33. The van der Waals surface area contributed by atoms with Crippen molar-refractivity contribution in [2.45, 2.75) is 25.9 Å². The second-order valence-corrected chi connectivity index (χ2v) is 9.91. The van der Waals surface area contributed by atoms with Crippen molar-refractivity contribution in [1.29, 1.82) is 0 Å². The zero-order valence-corrected chi connectivity index (χ0v) is 18.6. The minimum atomic E-state index is -4.23. The van der Waals surface area contributed by atoms with Crippen molar-refractivity contribution in [3.63, 3.8) is 0 Å². The fourth-order valence-corrected chi connectivity index (χ4v) is 5.02. The highest BCUT2D eigenvalue weighted by Gasteiger charge is 2.38. The summed E-state index contributed by atoms with van der Waals surface area (Å²) in [5, 5.41) is 0.722. The average molecular weight is 471 g/mol. The molecule has 1 aliphatic carbocycles. The van der Waals surface area contributed by atoms with Crippen LogP contribution in [0.3, 0.4) is 0 Å². The number of nitrogens with one attached hydrogen (secondary N) is 1. The van der Waals surface area contributed by atoms with E-state index in [2.05, 4.69) is 0 Å². The summed E-state index contributed by atoms with van der Waals surface area (Å²) in [5.74, 6) is -0.275. The molecule has 1 saturated carbocycles. The average Bonchev–Trinajstić information content (AvgIpc) is 3.57. The summed E-state index contributed by atoms with van der Waals surface area (Å²) in [6.45, 7) is 0.127. The van der Waals surface area contributed by atoms with Crippen LogP contribution in [-0.4, -0.2) is 27.5 Å². The first-order valence-corrected chi connectivity index (χ1v) is 12.2. The minimum Gasteiger partial charge on any atom is -0.494 e. The Morgan fingerprint density at radius 1 is 1.06 bits per heavy atom. The van der Waals surface area contributed by atoms with E-state index in [4.69, 9.17) is 9.47 Å². The lowest BCUT2D eigenvalue weighted by Gasteiger charge is -2.21. The standard InChI is InChI=1S/C24H23FN2O5S/c25-23-20-13-19(31-11-10-16-6-7-16)9-8-18(20)12-21(32-15-17-4-2-1-3-5-17)24(23)27-14-22(28)26-33(27,29)30/h1-5,8-9,12-13,16H,6-7,10-11,14-15H2,(H,26,28). The third-order valence-electron chi connectivity index (χ3n) is 5.79. The van der Waals surface area contributed by atoms with Crippen LogP contribution in [0, 0.1) is 11.7 Å². The van der Waals surface area contributed by atoms with Crippen molar-refractivity contribution in [2.75, 3.05) is 17.5 Å². The predicted molar refractivity (Wildman–Crippen MR) is 122 cm³/mol. The number of carbonyl (C=O) groups is 1. The van der Waals surface area contributed by atoms with Crippen molar-refractivity contribution in [2.24, 2.45) is 5.92 Å². The largest absolute Gasteiger partial charge is 0.494 e. The monoisotopic (exact) mass is 470 g/mol. The van der Waals surface area contributed by atoms with Crippen molar-refractivity contribution in [1.82, 2.24) is 4.72 Å². The fraction of sp³-hybridized carbons (Fsp3) is 0.292. The number of hydrogen-bond acceptors (Lipinski definition) is 5. The van der Waals surface area contributed by atoms with Gasteiger partial charge in [0.2, 0.25) is 0 Å². The Morgan fingerprint density at radius 3 is 2.55 bits per heavy atom. The van der Waals surface area contributed by atoms with Crippen LogP contribution in [0.2, 0.25) is 0 Å². The molecule has 3 aromatic rings. The van der Waals surface area contributed by atoms with Gasteiger partial charge >= 0.3 is 10.2 Å². The molecular formula is C24H23FN2O5S. The number of fused-ring (bicyclic) bond motifs is 1. The highest BCUT2D eigenvalue weighted by atomic mass is 32.2. The Kier molecular flexibility index (Phi) is 5.57. The lowest BCUT2D eigenvalue weighted by Crippen LogP contribution is -2.30. The molecule has 2 aliphatic rings. The van der Waals surface area contributed by atoms with Gasteiger partial charge in [0.05, 0.1) is 6.61 Å². The molecule has 0 unspecified atom stereocenters. The van der Waals surface area contributed by atoms with Crippen LogP contribution in [-0.2, 0) is 21.6 Å². The molecule has 1 aliphatic heterocycles. The van der Waals surface area contributed by atoms with Crippen LogP contribution in [0.15, 0.2) is 54.6 Å². The zero-order chi connectivity index (χ0) is 23.0. The summed E-state index contributed by atoms with van der Waals surface area (Å²) in [5.41, 5.74) is 0.536. The molecule has 5 rings (SSSR count). The van der Waals surface area contributed by atoms with Gasteiger partial charge < -0.3 is 9.47 Å². The summed E-state index contributed by atoms with van der Waals surface area (Å²) in [6, 6.07) is 15.9. The quantitative estimate of drug-likeness (QED) is 0.540. The number of ether oxygens (including phenoxy) is 2. The number of amides is 1. The maximum absolute atomic E-state index is 15.8. The normalized spacial score (nSPS) is 17.2. The number of benzene rings is 3. The molecular weight excluding hydrogens is 447 g/mol. The molecule has 172 valence electrons. The maximum atomic E-state index is 15.8. The number of hydrogen-bond donors (Lipinski definition) is 1. The van der Waals surface area contributed by atoms with Crippen molar-refractivity contribution >= 4 is 32.6 Å². The first-order valence-electron chi connectivity index (χ1n) is 10.8. The maximum Gasteiger partial charge on any atom is 0.326 e. The minimum absolute atomic E-state index is 0.0336. The molecule has 0 aromatic heterocycles. The molecule has 1 amide bonds. The zero-order valence-electron chi connectivity index (χ0n) is 17.8. The van der Waals surface area contributed by atoms with Crippen molar-refractivity contribution < 1.29 is 27.1 Å². The Bertz CT molecular complexity index is 1310. The van der Waals surface area contributed by atoms with Gasteiger partial charge in [-0.05, 0) is 41.5 Å². The number of halogens is 1. The second kappa shape index (κ2) is 8.55. The summed E-state index contributed by atoms with van der Waals surface area (Å²) >= 11 is 0. The molecule has 0 atom stereocenters. The summed E-state index contributed by atoms with van der Waals surface area (Å²) < 4.78 is 55.1. The first kappa shape index (κ1) is 21.5. The van der Waals surface area contributed by atoms with Gasteiger partial charge in [0, 0.05) is 5.39 Å². The number of nitrogens with zero attached hydrogens (tertiary/aromatic N) is 1. The molecule has 9 heteroatoms. The van der Waals surface area contributed by atoms with Gasteiger partial charge in [-0.1, -0.05) is 49.2 Å². The summed E-state index contributed by atoms with van der Waals surface area (Å²) in [7, 11) is -4.23. The second-order valence-electron chi connectivity index (χ2n) is 8.31. The van der Waals surface area contributed by atoms with E-state index in [0.717, 1.165) is 12.0 Å². The molecule has 0 spiro atoms. The molecule has 33 heavy (non-hydrogen) atoms.